The van der Waals surface area contributed by atoms with E-state index in [1.807, 2.05) is 0 Å². The van der Waals surface area contributed by atoms with Crippen molar-refractivity contribution in [2.24, 2.45) is 5.92 Å². The van der Waals surface area contributed by atoms with Crippen molar-refractivity contribution in [3.8, 4) is 0 Å². The minimum Gasteiger partial charge on any atom is -0.362 e. The number of halogens is 1. The Bertz CT molecular complexity index is 361. The second-order valence-electron chi connectivity index (χ2n) is 4.06. The van der Waals surface area contributed by atoms with E-state index in [0.29, 0.717) is 5.92 Å². The van der Waals surface area contributed by atoms with Crippen LogP contribution in [-0.4, -0.2) is 7.11 Å². The largest absolute Gasteiger partial charge is 0.362 e. The summed E-state index contributed by atoms with van der Waals surface area (Å²) in [6.45, 7) is 4.39. The average Bonchev–Trinajstić information content (AvgIpc) is 2.43. The van der Waals surface area contributed by atoms with Gasteiger partial charge in [0, 0.05) is 13.0 Å². The molecule has 14 heavy (non-hydrogen) atoms. The molecule has 0 heterocycles. The molecule has 2 unspecified atom stereocenters. The summed E-state index contributed by atoms with van der Waals surface area (Å²) in [6.07, 6.45) is 1.10. The maximum atomic E-state index is 5.61. The van der Waals surface area contributed by atoms with Crippen molar-refractivity contribution in [2.75, 3.05) is 7.11 Å². The molecule has 1 aromatic carbocycles. The highest BCUT2D eigenvalue weighted by Crippen LogP contribution is 2.49. The first-order chi connectivity index (χ1) is 6.59. The Morgan fingerprint density at radius 2 is 2.21 bits per heavy atom. The molecular weight excluding hydrogens is 240 g/mol. The van der Waals surface area contributed by atoms with Crippen molar-refractivity contribution in [3.63, 3.8) is 0 Å². The molecule has 2 atom stereocenters. The molecule has 76 valence electrons. The highest BCUT2D eigenvalue weighted by Gasteiger charge is 2.43. The van der Waals surface area contributed by atoms with Gasteiger partial charge < -0.3 is 4.74 Å². The second kappa shape index (κ2) is 3.35. The topological polar surface area (TPSA) is 9.23 Å². The van der Waals surface area contributed by atoms with Gasteiger partial charge in [-0.15, -0.1) is 0 Å². The fraction of sp³-hybridized carbons (Fsp3) is 0.500. The third-order valence-electron chi connectivity index (χ3n) is 3.22. The Balaban J connectivity index is 2.58. The van der Waals surface area contributed by atoms with Gasteiger partial charge in [0.2, 0.25) is 0 Å². The summed E-state index contributed by atoms with van der Waals surface area (Å²) in [7, 11) is 1.77. The summed E-state index contributed by atoms with van der Waals surface area (Å²) in [5, 5.41) is 0. The second-order valence-corrected chi connectivity index (χ2v) is 5.23. The number of hydrogen-bond donors (Lipinski definition) is 0. The number of methoxy groups -OCH3 is 1. The fourth-order valence-corrected chi connectivity index (χ4v) is 2.84. The number of alkyl halides is 1. The van der Waals surface area contributed by atoms with E-state index in [-0.39, 0.29) is 4.51 Å². The molecule has 1 nitrogen and oxygen atoms in total. The van der Waals surface area contributed by atoms with E-state index in [0.717, 1.165) is 6.42 Å². The van der Waals surface area contributed by atoms with Crippen LogP contribution in [0.15, 0.2) is 18.2 Å². The van der Waals surface area contributed by atoms with Crippen LogP contribution in [0, 0.1) is 12.8 Å². The van der Waals surface area contributed by atoms with Gasteiger partial charge in [-0.05, 0) is 46.0 Å². The summed E-state index contributed by atoms with van der Waals surface area (Å²) >= 11 is 3.72. The molecule has 2 rings (SSSR count). The maximum Gasteiger partial charge on any atom is 0.150 e. The zero-order valence-corrected chi connectivity index (χ0v) is 10.4. The van der Waals surface area contributed by atoms with Crippen molar-refractivity contribution >= 4 is 15.9 Å². The van der Waals surface area contributed by atoms with Crippen LogP contribution < -0.4 is 0 Å². The number of rotatable bonds is 1. The molecule has 0 fully saturated rings. The molecule has 2 heteroatoms. The lowest BCUT2D eigenvalue weighted by Gasteiger charge is -2.26. The normalized spacial score (nSPS) is 30.4. The van der Waals surface area contributed by atoms with E-state index in [9.17, 15) is 0 Å². The zero-order chi connectivity index (χ0) is 10.3. The summed E-state index contributed by atoms with van der Waals surface area (Å²) in [5.74, 6) is 0.489. The van der Waals surface area contributed by atoms with Crippen molar-refractivity contribution in [2.45, 2.75) is 24.8 Å². The molecule has 0 amide bonds. The predicted molar refractivity (Wildman–Crippen MR) is 61.7 cm³/mol. The third kappa shape index (κ3) is 1.24. The van der Waals surface area contributed by atoms with Gasteiger partial charge in [0.05, 0.1) is 0 Å². The zero-order valence-electron chi connectivity index (χ0n) is 8.80. The molecule has 0 saturated heterocycles. The quantitative estimate of drug-likeness (QED) is 0.699. The smallest absolute Gasteiger partial charge is 0.150 e. The molecule has 0 radical (unpaired) electrons. The van der Waals surface area contributed by atoms with Crippen LogP contribution in [0.4, 0.5) is 0 Å². The molecule has 0 N–H and O–H groups in total. The highest BCUT2D eigenvalue weighted by molar-refractivity contribution is 9.09. The van der Waals surface area contributed by atoms with E-state index in [2.05, 4.69) is 48.0 Å². The average molecular weight is 255 g/mol. The van der Waals surface area contributed by atoms with Crippen LogP contribution in [0.5, 0.6) is 0 Å². The third-order valence-corrected chi connectivity index (χ3v) is 4.75. The molecule has 1 aliphatic carbocycles. The minimum atomic E-state index is -0.269. The van der Waals surface area contributed by atoms with Crippen LogP contribution in [0.2, 0.25) is 0 Å². The molecule has 0 aliphatic heterocycles. The Labute approximate surface area is 93.6 Å². The van der Waals surface area contributed by atoms with E-state index in [1.165, 1.54) is 16.7 Å². The minimum absolute atomic E-state index is 0.269. The molecular formula is C12H15BrO. The summed E-state index contributed by atoms with van der Waals surface area (Å²) < 4.78 is 5.34. The monoisotopic (exact) mass is 254 g/mol. The first-order valence-corrected chi connectivity index (χ1v) is 5.72. The van der Waals surface area contributed by atoms with Crippen molar-refractivity contribution in [1.82, 2.24) is 0 Å². The van der Waals surface area contributed by atoms with E-state index < -0.39 is 0 Å². The summed E-state index contributed by atoms with van der Waals surface area (Å²) in [6, 6.07) is 6.42. The standard InChI is InChI=1S/C12H15BrO/c1-8-5-4-6-11-10(8)7-9(2)12(11,13)14-3/h4-6,9H,7H2,1-3H3. The summed E-state index contributed by atoms with van der Waals surface area (Å²) in [5.41, 5.74) is 4.11. The van der Waals surface area contributed by atoms with Gasteiger partial charge in [0.15, 0.2) is 4.51 Å². The van der Waals surface area contributed by atoms with Gasteiger partial charge in [-0.25, -0.2) is 0 Å². The molecule has 1 aliphatic rings. The first kappa shape index (κ1) is 10.2. The molecule has 1 aromatic rings. The number of benzene rings is 1. The van der Waals surface area contributed by atoms with E-state index in [4.69, 9.17) is 4.74 Å². The SMILES string of the molecule is COC1(Br)c2cccc(C)c2CC1C. The van der Waals surface area contributed by atoms with Crippen LogP contribution in [0.25, 0.3) is 0 Å². The van der Waals surface area contributed by atoms with Crippen LogP contribution in [0.3, 0.4) is 0 Å². The van der Waals surface area contributed by atoms with Crippen molar-refractivity contribution < 1.29 is 4.74 Å². The Hall–Kier alpha value is -0.340. The lowest BCUT2D eigenvalue weighted by atomic mass is 10.0. The molecule has 0 saturated carbocycles. The van der Waals surface area contributed by atoms with Gasteiger partial charge in [-0.2, -0.15) is 0 Å². The van der Waals surface area contributed by atoms with Gasteiger partial charge >= 0.3 is 0 Å². The van der Waals surface area contributed by atoms with Gasteiger partial charge in [0.1, 0.15) is 0 Å². The van der Waals surface area contributed by atoms with Crippen LogP contribution in [0.1, 0.15) is 23.6 Å². The lowest BCUT2D eigenvalue weighted by molar-refractivity contribution is 0.0418. The number of fused-ring (bicyclic) bond motifs is 1. The Morgan fingerprint density at radius 1 is 1.50 bits per heavy atom. The van der Waals surface area contributed by atoms with Crippen LogP contribution >= 0.6 is 15.9 Å². The predicted octanol–water partition coefficient (Wildman–Crippen LogP) is 3.38. The number of hydrogen-bond acceptors (Lipinski definition) is 1. The molecule has 0 bridgehead atoms. The molecule has 0 spiro atoms. The molecule has 0 aromatic heterocycles. The fourth-order valence-electron chi connectivity index (χ4n) is 2.31. The van der Waals surface area contributed by atoms with E-state index >= 15 is 0 Å². The summed E-state index contributed by atoms with van der Waals surface area (Å²) in [4.78, 5) is 0. The lowest BCUT2D eigenvalue weighted by Crippen LogP contribution is -2.24. The first-order valence-electron chi connectivity index (χ1n) is 4.92. The number of aryl methyl sites for hydroxylation is 1. The Kier molecular flexibility index (Phi) is 2.44. The van der Waals surface area contributed by atoms with Crippen molar-refractivity contribution in [1.29, 1.82) is 0 Å². The maximum absolute atomic E-state index is 5.61. The Morgan fingerprint density at radius 3 is 2.86 bits per heavy atom. The highest BCUT2D eigenvalue weighted by atomic mass is 79.9. The number of ether oxygens (including phenoxy) is 1. The van der Waals surface area contributed by atoms with Gasteiger partial charge in [-0.3, -0.25) is 0 Å². The van der Waals surface area contributed by atoms with Gasteiger partial charge in [-0.1, -0.05) is 25.1 Å². The van der Waals surface area contributed by atoms with Crippen LogP contribution in [-0.2, 0) is 15.7 Å². The van der Waals surface area contributed by atoms with E-state index in [1.54, 1.807) is 7.11 Å². The van der Waals surface area contributed by atoms with Gasteiger partial charge in [0.25, 0.3) is 0 Å². The van der Waals surface area contributed by atoms with Crippen molar-refractivity contribution in [3.05, 3.63) is 34.9 Å².